The van der Waals surface area contributed by atoms with Crippen molar-refractivity contribution in [3.05, 3.63) is 62.3 Å². The van der Waals surface area contributed by atoms with Crippen LogP contribution in [-0.2, 0) is 6.42 Å². The minimum atomic E-state index is -0.376. The van der Waals surface area contributed by atoms with Gasteiger partial charge in [-0.3, -0.25) is 4.79 Å². The first-order valence-electron chi connectivity index (χ1n) is 5.49. The molecule has 0 saturated carbocycles. The molecule has 98 valence electrons. The van der Waals surface area contributed by atoms with E-state index in [1.54, 1.807) is 24.3 Å². The number of Topliss-reactive ketones (excluding diaryl/α,β-unsaturated/α-hetero) is 1. The molecule has 0 aliphatic rings. The first kappa shape index (κ1) is 14.2. The van der Waals surface area contributed by atoms with Crippen LogP contribution in [0, 0.1) is 5.82 Å². The molecule has 2 rings (SSSR count). The Labute approximate surface area is 127 Å². The second-order valence-electron chi connectivity index (χ2n) is 4.11. The van der Waals surface area contributed by atoms with Crippen LogP contribution >= 0.6 is 31.9 Å². The fourth-order valence-corrected chi connectivity index (χ4v) is 2.64. The van der Waals surface area contributed by atoms with E-state index in [9.17, 15) is 9.18 Å². The minimum Gasteiger partial charge on any atom is -0.398 e. The summed E-state index contributed by atoms with van der Waals surface area (Å²) in [6.07, 6.45) is 0.108. The standard InChI is InChI=1S/C14H10Br2FNO/c15-9-1-2-13(18)12(7-9)14(19)5-8-3-10(16)6-11(17)4-8/h1-4,6-7H,5,18H2. The highest BCUT2D eigenvalue weighted by molar-refractivity contribution is 9.10. The summed E-state index contributed by atoms with van der Waals surface area (Å²) >= 11 is 6.50. The Morgan fingerprint density at radius 1 is 1.11 bits per heavy atom. The molecule has 2 aromatic rings. The average molecular weight is 387 g/mol. The Morgan fingerprint density at radius 2 is 1.84 bits per heavy atom. The van der Waals surface area contributed by atoms with Gasteiger partial charge in [-0.1, -0.05) is 31.9 Å². The van der Waals surface area contributed by atoms with Crippen molar-refractivity contribution >= 4 is 43.3 Å². The van der Waals surface area contributed by atoms with Gasteiger partial charge in [-0.05, 0) is 42.0 Å². The van der Waals surface area contributed by atoms with Gasteiger partial charge in [0.25, 0.3) is 0 Å². The first-order valence-corrected chi connectivity index (χ1v) is 7.07. The Balaban J connectivity index is 2.28. The quantitative estimate of drug-likeness (QED) is 0.629. The highest BCUT2D eigenvalue weighted by Gasteiger charge is 2.12. The highest BCUT2D eigenvalue weighted by Crippen LogP contribution is 2.21. The number of nitrogens with two attached hydrogens (primary N) is 1. The van der Waals surface area contributed by atoms with Crippen LogP contribution in [0.3, 0.4) is 0 Å². The van der Waals surface area contributed by atoms with Crippen molar-refractivity contribution in [2.24, 2.45) is 0 Å². The van der Waals surface area contributed by atoms with Gasteiger partial charge in [-0.15, -0.1) is 0 Å². The number of rotatable bonds is 3. The molecule has 0 radical (unpaired) electrons. The van der Waals surface area contributed by atoms with Crippen LogP contribution in [0.1, 0.15) is 15.9 Å². The van der Waals surface area contributed by atoms with Crippen LogP contribution in [0.15, 0.2) is 45.3 Å². The predicted octanol–water partition coefficient (Wildman–Crippen LogP) is 4.36. The van der Waals surface area contributed by atoms with Gasteiger partial charge in [0.1, 0.15) is 5.82 Å². The number of benzene rings is 2. The smallest absolute Gasteiger partial charge is 0.169 e. The van der Waals surface area contributed by atoms with E-state index in [1.165, 1.54) is 12.1 Å². The highest BCUT2D eigenvalue weighted by atomic mass is 79.9. The third-order valence-corrected chi connectivity index (χ3v) is 3.55. The maximum absolute atomic E-state index is 13.3. The molecule has 0 fully saturated rings. The number of carbonyl (C=O) groups excluding carboxylic acids is 1. The van der Waals surface area contributed by atoms with E-state index in [4.69, 9.17) is 5.73 Å². The van der Waals surface area contributed by atoms with Gasteiger partial charge in [0.2, 0.25) is 0 Å². The van der Waals surface area contributed by atoms with Crippen LogP contribution < -0.4 is 5.73 Å². The van der Waals surface area contributed by atoms with E-state index in [1.807, 2.05) is 0 Å². The summed E-state index contributed by atoms with van der Waals surface area (Å²) in [4.78, 5) is 12.2. The van der Waals surface area contributed by atoms with E-state index in [-0.39, 0.29) is 18.0 Å². The Morgan fingerprint density at radius 3 is 2.53 bits per heavy atom. The number of hydrogen-bond donors (Lipinski definition) is 1. The van der Waals surface area contributed by atoms with Crippen LogP contribution in [0.25, 0.3) is 0 Å². The zero-order chi connectivity index (χ0) is 14.0. The third kappa shape index (κ3) is 3.64. The lowest BCUT2D eigenvalue weighted by atomic mass is 10.0. The SMILES string of the molecule is Nc1ccc(Br)cc1C(=O)Cc1cc(F)cc(Br)c1. The Bertz CT molecular complexity index is 623. The molecule has 0 bridgehead atoms. The van der Waals surface area contributed by atoms with E-state index >= 15 is 0 Å². The Kier molecular flexibility index (Phi) is 4.37. The van der Waals surface area contributed by atoms with Gasteiger partial charge >= 0.3 is 0 Å². The van der Waals surface area contributed by atoms with Gasteiger partial charge in [0.15, 0.2) is 5.78 Å². The molecule has 0 aliphatic heterocycles. The lowest BCUT2D eigenvalue weighted by molar-refractivity contribution is 0.0993. The molecule has 5 heteroatoms. The number of ketones is 1. The molecule has 0 amide bonds. The van der Waals surface area contributed by atoms with Crippen molar-refractivity contribution in [1.82, 2.24) is 0 Å². The van der Waals surface area contributed by atoms with Gasteiger partial charge in [0, 0.05) is 26.6 Å². The molecule has 0 heterocycles. The molecule has 0 saturated heterocycles. The van der Waals surface area contributed by atoms with E-state index in [0.717, 1.165) is 4.47 Å². The number of halogens is 3. The minimum absolute atomic E-state index is 0.108. The average Bonchev–Trinajstić information content (AvgIpc) is 2.30. The van der Waals surface area contributed by atoms with Crippen molar-refractivity contribution in [2.45, 2.75) is 6.42 Å². The monoisotopic (exact) mass is 385 g/mol. The Hall–Kier alpha value is -1.20. The summed E-state index contributed by atoms with van der Waals surface area (Å²) in [6.45, 7) is 0. The molecule has 0 unspecified atom stereocenters. The second-order valence-corrected chi connectivity index (χ2v) is 5.94. The van der Waals surface area contributed by atoms with Crippen LogP contribution in [0.5, 0.6) is 0 Å². The van der Waals surface area contributed by atoms with Crippen LogP contribution in [-0.4, -0.2) is 5.78 Å². The summed E-state index contributed by atoms with van der Waals surface area (Å²) in [5.74, 6) is -0.518. The molecule has 19 heavy (non-hydrogen) atoms. The molecule has 0 aliphatic carbocycles. The molecular weight excluding hydrogens is 377 g/mol. The van der Waals surface area contributed by atoms with E-state index in [0.29, 0.717) is 21.3 Å². The van der Waals surface area contributed by atoms with Gasteiger partial charge < -0.3 is 5.73 Å². The molecule has 0 spiro atoms. The maximum atomic E-state index is 13.3. The summed E-state index contributed by atoms with van der Waals surface area (Å²) in [7, 11) is 0. The van der Waals surface area contributed by atoms with Crippen molar-refractivity contribution < 1.29 is 9.18 Å². The van der Waals surface area contributed by atoms with E-state index < -0.39 is 0 Å². The van der Waals surface area contributed by atoms with Crippen molar-refractivity contribution in [1.29, 1.82) is 0 Å². The molecular formula is C14H10Br2FNO. The third-order valence-electron chi connectivity index (χ3n) is 2.60. The van der Waals surface area contributed by atoms with Crippen molar-refractivity contribution in [2.75, 3.05) is 5.73 Å². The molecule has 2 aromatic carbocycles. The molecule has 2 N–H and O–H groups in total. The predicted molar refractivity (Wildman–Crippen MR) is 80.7 cm³/mol. The van der Waals surface area contributed by atoms with Crippen LogP contribution in [0.2, 0.25) is 0 Å². The van der Waals surface area contributed by atoms with Crippen molar-refractivity contribution in [3.63, 3.8) is 0 Å². The van der Waals surface area contributed by atoms with Gasteiger partial charge in [-0.2, -0.15) is 0 Å². The van der Waals surface area contributed by atoms with Gasteiger partial charge in [-0.25, -0.2) is 4.39 Å². The number of anilines is 1. The number of hydrogen-bond acceptors (Lipinski definition) is 2. The molecule has 0 aromatic heterocycles. The fourth-order valence-electron chi connectivity index (χ4n) is 1.76. The normalized spacial score (nSPS) is 10.5. The summed E-state index contributed by atoms with van der Waals surface area (Å²) in [6, 6.07) is 9.52. The topological polar surface area (TPSA) is 43.1 Å². The second kappa shape index (κ2) is 5.84. The van der Waals surface area contributed by atoms with Crippen LogP contribution in [0.4, 0.5) is 10.1 Å². The first-order chi connectivity index (χ1) is 8.95. The number of nitrogen functional groups attached to an aromatic ring is 1. The zero-order valence-electron chi connectivity index (χ0n) is 9.79. The maximum Gasteiger partial charge on any atom is 0.169 e. The number of carbonyl (C=O) groups is 1. The summed E-state index contributed by atoms with van der Waals surface area (Å²) < 4.78 is 14.6. The summed E-state index contributed by atoms with van der Waals surface area (Å²) in [5, 5.41) is 0. The lowest BCUT2D eigenvalue weighted by Crippen LogP contribution is -2.07. The summed E-state index contributed by atoms with van der Waals surface area (Å²) in [5.41, 5.74) is 7.25. The lowest BCUT2D eigenvalue weighted by Gasteiger charge is -2.06. The van der Waals surface area contributed by atoms with Gasteiger partial charge in [0.05, 0.1) is 0 Å². The largest absolute Gasteiger partial charge is 0.398 e. The zero-order valence-corrected chi connectivity index (χ0v) is 13.0. The molecule has 2 nitrogen and oxygen atoms in total. The fraction of sp³-hybridized carbons (Fsp3) is 0.0714. The molecule has 0 atom stereocenters. The van der Waals surface area contributed by atoms with Crippen molar-refractivity contribution in [3.8, 4) is 0 Å². The van der Waals surface area contributed by atoms with E-state index in [2.05, 4.69) is 31.9 Å².